The fraction of sp³-hybridized carbons (Fsp3) is 0.885. The number of carbonyl (C=O) groups is 3. The number of aliphatic carboxylic acids is 1. The first-order chi connectivity index (χ1) is 20.1. The van der Waals surface area contributed by atoms with Gasteiger partial charge in [-0.15, -0.1) is 0 Å². The van der Waals surface area contributed by atoms with E-state index in [9.17, 15) is 14.4 Å². The summed E-state index contributed by atoms with van der Waals surface area (Å²) >= 11 is 0. The molecule has 0 aliphatic heterocycles. The molecule has 15 heteroatoms. The number of nitrogens with one attached hydrogen (secondary N) is 1. The van der Waals surface area contributed by atoms with Crippen LogP contribution < -0.4 is 5.32 Å². The Morgan fingerprint density at radius 3 is 1.05 bits per heavy atom. The average molecular weight is 600 g/mol. The predicted octanol–water partition coefficient (Wildman–Crippen LogP) is -0.668. The lowest BCUT2D eigenvalue weighted by Gasteiger charge is -2.09. The van der Waals surface area contributed by atoms with Gasteiger partial charge in [0.15, 0.2) is 0 Å². The standard InChI is InChI=1S/C26H49NO14/c1-27-4-5-32-6-7-33-8-9-34-10-11-35-12-13-36-14-15-37-16-17-38-18-19-39-20-21-40-22-23-41-25(29)3-2-24(28)26(30)31/h27H,2-23H2,1H3,(H,30,31). The van der Waals surface area contributed by atoms with Gasteiger partial charge in [-0.2, -0.15) is 0 Å². The number of rotatable bonds is 34. The first-order valence-corrected chi connectivity index (χ1v) is 13.8. The van der Waals surface area contributed by atoms with Crippen LogP contribution in [-0.2, 0) is 61.8 Å². The van der Waals surface area contributed by atoms with Crippen molar-refractivity contribution in [3.63, 3.8) is 0 Å². The lowest BCUT2D eigenvalue weighted by molar-refractivity contribution is -0.151. The molecule has 15 nitrogen and oxygen atoms in total. The third-order valence-electron chi connectivity index (χ3n) is 4.76. The van der Waals surface area contributed by atoms with E-state index in [1.807, 2.05) is 7.05 Å². The Labute approximate surface area is 242 Å². The number of likely N-dealkylation sites (N-methyl/N-ethyl adjacent to an activating group) is 1. The van der Waals surface area contributed by atoms with Gasteiger partial charge in [-0.1, -0.05) is 0 Å². The number of hydrogen-bond acceptors (Lipinski definition) is 14. The molecule has 0 unspecified atom stereocenters. The van der Waals surface area contributed by atoms with Crippen molar-refractivity contribution in [2.24, 2.45) is 0 Å². The Hall–Kier alpha value is -1.79. The average Bonchev–Trinajstić information content (AvgIpc) is 2.96. The molecule has 0 amide bonds. The molecule has 0 aliphatic rings. The molecule has 0 atom stereocenters. The lowest BCUT2D eigenvalue weighted by atomic mass is 10.2. The van der Waals surface area contributed by atoms with E-state index >= 15 is 0 Å². The number of hydrogen-bond donors (Lipinski definition) is 2. The second kappa shape index (κ2) is 32.7. The van der Waals surface area contributed by atoms with Crippen molar-refractivity contribution in [1.29, 1.82) is 0 Å². The van der Waals surface area contributed by atoms with Crippen LogP contribution >= 0.6 is 0 Å². The Balaban J connectivity index is 3.12. The highest BCUT2D eigenvalue weighted by Gasteiger charge is 2.14. The molecule has 0 rings (SSSR count). The smallest absolute Gasteiger partial charge is 0.372 e. The summed E-state index contributed by atoms with van der Waals surface area (Å²) in [6.07, 6.45) is -0.654. The van der Waals surface area contributed by atoms with Gasteiger partial charge in [-0.3, -0.25) is 9.59 Å². The number of ketones is 1. The summed E-state index contributed by atoms with van der Waals surface area (Å²) in [5.41, 5.74) is 0. The number of carbonyl (C=O) groups excluding carboxylic acids is 2. The molecule has 0 fully saturated rings. The van der Waals surface area contributed by atoms with Crippen LogP contribution in [0.1, 0.15) is 12.8 Å². The molecule has 0 aromatic heterocycles. The summed E-state index contributed by atoms with van der Waals surface area (Å²) < 4.78 is 53.3. The van der Waals surface area contributed by atoms with Crippen molar-refractivity contribution in [1.82, 2.24) is 5.32 Å². The van der Waals surface area contributed by atoms with Crippen LogP contribution in [0, 0.1) is 0 Å². The van der Waals surface area contributed by atoms with Crippen molar-refractivity contribution >= 4 is 17.7 Å². The minimum Gasteiger partial charge on any atom is -0.476 e. The van der Waals surface area contributed by atoms with Gasteiger partial charge in [0.2, 0.25) is 5.78 Å². The Bertz CT molecular complexity index is 611. The maximum Gasteiger partial charge on any atom is 0.372 e. The monoisotopic (exact) mass is 599 g/mol. The van der Waals surface area contributed by atoms with E-state index in [4.69, 9.17) is 52.5 Å². The van der Waals surface area contributed by atoms with E-state index < -0.39 is 17.7 Å². The maximum atomic E-state index is 11.3. The summed E-state index contributed by atoms with van der Waals surface area (Å²) in [6.45, 7) is 9.24. The molecule has 41 heavy (non-hydrogen) atoms. The van der Waals surface area contributed by atoms with Gasteiger partial charge in [-0.05, 0) is 7.05 Å². The molecule has 0 aromatic rings. The maximum absolute atomic E-state index is 11.3. The van der Waals surface area contributed by atoms with Crippen LogP contribution in [-0.4, -0.2) is 162 Å². The first kappa shape index (κ1) is 39.2. The molecule has 0 saturated carbocycles. The molecule has 242 valence electrons. The van der Waals surface area contributed by atoms with Crippen molar-refractivity contribution in [3.05, 3.63) is 0 Å². The summed E-state index contributed by atoms with van der Waals surface area (Å²) in [6, 6.07) is 0. The van der Waals surface area contributed by atoms with E-state index in [0.29, 0.717) is 112 Å². The number of carboxylic acid groups (broad SMARTS) is 1. The molecule has 0 aliphatic carbocycles. The fourth-order valence-electron chi connectivity index (χ4n) is 2.64. The van der Waals surface area contributed by atoms with Gasteiger partial charge in [0, 0.05) is 13.0 Å². The van der Waals surface area contributed by atoms with Crippen LogP contribution in [0.4, 0.5) is 0 Å². The van der Waals surface area contributed by atoms with E-state index in [2.05, 4.69) is 5.32 Å². The third-order valence-corrected chi connectivity index (χ3v) is 4.76. The van der Waals surface area contributed by atoms with Crippen LogP contribution in [0.25, 0.3) is 0 Å². The van der Waals surface area contributed by atoms with E-state index in [0.717, 1.165) is 6.54 Å². The number of Topliss-reactive ketones (excluding diaryl/α,β-unsaturated/α-hetero) is 1. The number of carboxylic acids is 1. The molecule has 0 bridgehead atoms. The quantitative estimate of drug-likeness (QED) is 0.0541. The predicted molar refractivity (Wildman–Crippen MR) is 144 cm³/mol. The minimum absolute atomic E-state index is 0.0174. The summed E-state index contributed by atoms with van der Waals surface area (Å²) in [5.74, 6) is -3.23. The van der Waals surface area contributed by atoms with Crippen LogP contribution in [0.5, 0.6) is 0 Å². The summed E-state index contributed by atoms with van der Waals surface area (Å²) in [5, 5.41) is 11.4. The van der Waals surface area contributed by atoms with Crippen molar-refractivity contribution in [2.45, 2.75) is 12.8 Å². The van der Waals surface area contributed by atoms with Crippen LogP contribution in [0.3, 0.4) is 0 Å². The lowest BCUT2D eigenvalue weighted by Crippen LogP contribution is -2.17. The second-order valence-corrected chi connectivity index (χ2v) is 8.06. The van der Waals surface area contributed by atoms with Crippen molar-refractivity contribution in [3.8, 4) is 0 Å². The molecular weight excluding hydrogens is 550 g/mol. The first-order valence-electron chi connectivity index (χ1n) is 13.8. The van der Waals surface area contributed by atoms with Crippen molar-refractivity contribution in [2.75, 3.05) is 139 Å². The highest BCUT2D eigenvalue weighted by molar-refractivity contribution is 6.32. The van der Waals surface area contributed by atoms with E-state index in [1.165, 1.54) is 0 Å². The molecule has 0 aromatic carbocycles. The highest BCUT2D eigenvalue weighted by atomic mass is 16.6. The third kappa shape index (κ3) is 32.6. The normalized spacial score (nSPS) is 11.1. The molecule has 0 radical (unpaired) electrons. The Morgan fingerprint density at radius 1 is 0.463 bits per heavy atom. The number of ether oxygens (including phenoxy) is 10. The van der Waals surface area contributed by atoms with Gasteiger partial charge in [0.1, 0.15) is 6.61 Å². The van der Waals surface area contributed by atoms with Crippen LogP contribution in [0.15, 0.2) is 0 Å². The second-order valence-electron chi connectivity index (χ2n) is 8.06. The Morgan fingerprint density at radius 2 is 0.756 bits per heavy atom. The van der Waals surface area contributed by atoms with Gasteiger partial charge >= 0.3 is 11.9 Å². The summed E-state index contributed by atoms with van der Waals surface area (Å²) in [7, 11) is 1.88. The molecule has 2 N–H and O–H groups in total. The zero-order valence-electron chi connectivity index (χ0n) is 24.3. The highest BCUT2D eigenvalue weighted by Crippen LogP contribution is 1.95. The molecule has 0 saturated heterocycles. The fourth-order valence-corrected chi connectivity index (χ4v) is 2.64. The van der Waals surface area contributed by atoms with Gasteiger partial charge in [0.25, 0.3) is 0 Å². The molecule has 0 heterocycles. The largest absolute Gasteiger partial charge is 0.476 e. The molecule has 0 spiro atoms. The van der Waals surface area contributed by atoms with E-state index in [-0.39, 0.29) is 26.1 Å². The zero-order chi connectivity index (χ0) is 30.1. The van der Waals surface area contributed by atoms with Crippen molar-refractivity contribution < 1.29 is 66.9 Å². The topological polar surface area (TPSA) is 176 Å². The SMILES string of the molecule is CNCCOCCOCCOCCOCCOCCOCCOCCOCCOCCOC(=O)CCC(=O)C(=O)O. The number of esters is 1. The Kier molecular flexibility index (Phi) is 31.3. The van der Waals surface area contributed by atoms with Gasteiger partial charge < -0.3 is 57.8 Å². The molecular formula is C26H49NO14. The van der Waals surface area contributed by atoms with E-state index in [1.54, 1.807) is 0 Å². The van der Waals surface area contributed by atoms with Crippen LogP contribution in [0.2, 0.25) is 0 Å². The van der Waals surface area contributed by atoms with Gasteiger partial charge in [-0.25, -0.2) is 4.79 Å². The minimum atomic E-state index is -1.56. The summed E-state index contributed by atoms with van der Waals surface area (Å²) in [4.78, 5) is 32.6. The zero-order valence-corrected chi connectivity index (χ0v) is 24.3. The van der Waals surface area contributed by atoms with Gasteiger partial charge in [0.05, 0.1) is 125 Å².